The Kier molecular flexibility index (Phi) is 6.22. The lowest BCUT2D eigenvalue weighted by Gasteiger charge is -2.36. The quantitative estimate of drug-likeness (QED) is 0.563. The van der Waals surface area contributed by atoms with E-state index in [0.29, 0.717) is 16.9 Å². The molecule has 11 heteroatoms. The van der Waals surface area contributed by atoms with Gasteiger partial charge in [-0.1, -0.05) is 6.07 Å². The zero-order valence-electron chi connectivity index (χ0n) is 18.7. The van der Waals surface area contributed by atoms with E-state index in [0.717, 1.165) is 6.26 Å². The molecule has 4 rings (SSSR count). The summed E-state index contributed by atoms with van der Waals surface area (Å²) in [6.45, 7) is 3.54. The normalized spacial score (nSPS) is 14.0. The van der Waals surface area contributed by atoms with Crippen molar-refractivity contribution in [1.82, 2.24) is 10.2 Å². The van der Waals surface area contributed by atoms with Crippen molar-refractivity contribution in [2.75, 3.05) is 29.6 Å². The van der Waals surface area contributed by atoms with Crippen LogP contribution in [0.4, 0.5) is 20.3 Å². The third kappa shape index (κ3) is 4.84. The first-order valence-corrected chi connectivity index (χ1v) is 12.2. The van der Waals surface area contributed by atoms with Crippen LogP contribution in [0.3, 0.4) is 0 Å². The molecule has 1 fully saturated rings. The summed E-state index contributed by atoms with van der Waals surface area (Å²) in [6.07, 6.45) is 0.0780. The average molecular weight is 489 g/mol. The van der Waals surface area contributed by atoms with Gasteiger partial charge in [0.1, 0.15) is 23.3 Å². The first-order chi connectivity index (χ1) is 16.0. The molecule has 3 aromatic rings. The number of nitrogens with one attached hydrogen (secondary N) is 1. The standard InChI is InChI=1S/C23H22F2N4O4S/c1-13-9-15(24)7-8-19(13)33-23-20(14(2)21(27-28-23)29-11-16(25)12-29)22(30)26-17-5-4-6-18(10-17)34(3,31)32/h4-10,16H,11-12H2,1-3H3,(H,26,30). The topological polar surface area (TPSA) is 101 Å². The lowest BCUT2D eigenvalue weighted by molar-refractivity contribution is 0.102. The third-order valence-corrected chi connectivity index (χ3v) is 6.50. The molecule has 0 unspecified atom stereocenters. The monoisotopic (exact) mass is 488 g/mol. The molecule has 178 valence electrons. The minimum Gasteiger partial charge on any atom is -0.437 e. The molecule has 0 saturated carbocycles. The van der Waals surface area contributed by atoms with Gasteiger partial charge in [0, 0.05) is 17.5 Å². The molecule has 1 aromatic heterocycles. The summed E-state index contributed by atoms with van der Waals surface area (Å²) < 4.78 is 56.5. The first-order valence-electron chi connectivity index (χ1n) is 10.3. The van der Waals surface area contributed by atoms with Crippen molar-refractivity contribution in [3.63, 3.8) is 0 Å². The van der Waals surface area contributed by atoms with Crippen LogP contribution in [0.5, 0.6) is 11.6 Å². The molecule has 1 amide bonds. The zero-order valence-corrected chi connectivity index (χ0v) is 19.5. The van der Waals surface area contributed by atoms with Crippen LogP contribution < -0.4 is 15.0 Å². The molecular formula is C23H22F2N4O4S. The summed E-state index contributed by atoms with van der Waals surface area (Å²) >= 11 is 0. The van der Waals surface area contributed by atoms with E-state index in [2.05, 4.69) is 15.5 Å². The number of hydrogen-bond donors (Lipinski definition) is 1. The van der Waals surface area contributed by atoms with Crippen molar-refractivity contribution >= 4 is 27.2 Å². The molecule has 0 radical (unpaired) electrons. The Labute approximate surface area is 195 Å². The molecule has 0 bridgehead atoms. The Morgan fingerprint density at radius 3 is 2.53 bits per heavy atom. The lowest BCUT2D eigenvalue weighted by Crippen LogP contribution is -2.49. The van der Waals surface area contributed by atoms with Crippen LogP contribution in [-0.4, -0.2) is 50.0 Å². The molecule has 1 aliphatic heterocycles. The Balaban J connectivity index is 1.73. The number of aryl methyl sites for hydroxylation is 1. The van der Waals surface area contributed by atoms with Gasteiger partial charge in [-0.25, -0.2) is 17.2 Å². The van der Waals surface area contributed by atoms with Gasteiger partial charge >= 0.3 is 0 Å². The van der Waals surface area contributed by atoms with Crippen LogP contribution >= 0.6 is 0 Å². The van der Waals surface area contributed by atoms with Crippen molar-refractivity contribution in [2.45, 2.75) is 24.9 Å². The number of benzene rings is 2. The highest BCUT2D eigenvalue weighted by Crippen LogP contribution is 2.33. The number of ether oxygens (including phenoxy) is 1. The van der Waals surface area contributed by atoms with Gasteiger partial charge in [-0.3, -0.25) is 4.79 Å². The zero-order chi connectivity index (χ0) is 24.6. The number of sulfone groups is 1. The fraction of sp³-hybridized carbons (Fsp3) is 0.261. The van der Waals surface area contributed by atoms with Crippen molar-refractivity contribution in [3.05, 3.63) is 65.0 Å². The third-order valence-electron chi connectivity index (χ3n) is 5.39. The van der Waals surface area contributed by atoms with Crippen molar-refractivity contribution in [3.8, 4) is 11.6 Å². The molecule has 2 heterocycles. The number of anilines is 2. The average Bonchev–Trinajstić information content (AvgIpc) is 2.73. The molecule has 34 heavy (non-hydrogen) atoms. The van der Waals surface area contributed by atoms with E-state index in [1.165, 1.54) is 36.4 Å². The largest absolute Gasteiger partial charge is 0.437 e. The Morgan fingerprint density at radius 2 is 1.88 bits per heavy atom. The van der Waals surface area contributed by atoms with Crippen molar-refractivity contribution in [1.29, 1.82) is 0 Å². The maximum absolute atomic E-state index is 13.5. The van der Waals surface area contributed by atoms with E-state index in [1.807, 2.05) is 0 Å². The van der Waals surface area contributed by atoms with E-state index < -0.39 is 27.7 Å². The molecule has 0 atom stereocenters. The van der Waals surface area contributed by atoms with Gasteiger partial charge in [-0.2, -0.15) is 0 Å². The number of alkyl halides is 1. The molecule has 1 aliphatic rings. The van der Waals surface area contributed by atoms with Crippen LogP contribution in [0, 0.1) is 19.7 Å². The van der Waals surface area contributed by atoms with Crippen LogP contribution in [0.25, 0.3) is 0 Å². The van der Waals surface area contributed by atoms with E-state index in [-0.39, 0.29) is 40.9 Å². The minimum absolute atomic E-state index is 0.0424. The van der Waals surface area contributed by atoms with Gasteiger partial charge in [0.2, 0.25) is 0 Å². The van der Waals surface area contributed by atoms with Gasteiger partial charge in [-0.05, 0) is 55.8 Å². The summed E-state index contributed by atoms with van der Waals surface area (Å²) in [6, 6.07) is 9.73. The molecule has 0 aliphatic carbocycles. The number of amides is 1. The first kappa shape index (κ1) is 23.6. The molecule has 1 N–H and O–H groups in total. The summed E-state index contributed by atoms with van der Waals surface area (Å²) in [5.74, 6) is -0.558. The SMILES string of the molecule is Cc1cc(F)ccc1Oc1nnc(N2CC(F)C2)c(C)c1C(=O)Nc1cccc(S(C)(=O)=O)c1. The Morgan fingerprint density at radius 1 is 1.15 bits per heavy atom. The number of aromatic nitrogens is 2. The molecular weight excluding hydrogens is 466 g/mol. The second-order valence-electron chi connectivity index (χ2n) is 8.10. The highest BCUT2D eigenvalue weighted by molar-refractivity contribution is 7.90. The summed E-state index contributed by atoms with van der Waals surface area (Å²) in [5, 5.41) is 10.9. The van der Waals surface area contributed by atoms with Crippen LogP contribution in [0.2, 0.25) is 0 Å². The summed E-state index contributed by atoms with van der Waals surface area (Å²) in [5.41, 5.74) is 1.19. The van der Waals surface area contributed by atoms with Crippen LogP contribution in [0.15, 0.2) is 47.4 Å². The molecule has 0 spiro atoms. The number of carbonyl (C=O) groups excluding carboxylic acids is 1. The second kappa shape index (κ2) is 8.98. The van der Waals surface area contributed by atoms with Gasteiger partial charge in [0.15, 0.2) is 15.7 Å². The van der Waals surface area contributed by atoms with Gasteiger partial charge < -0.3 is 15.0 Å². The predicted molar refractivity (Wildman–Crippen MR) is 123 cm³/mol. The van der Waals surface area contributed by atoms with Gasteiger partial charge in [0.25, 0.3) is 11.8 Å². The summed E-state index contributed by atoms with van der Waals surface area (Å²) in [7, 11) is -3.48. The predicted octanol–water partition coefficient (Wildman–Crippen LogP) is 3.84. The number of carbonyl (C=O) groups is 1. The smallest absolute Gasteiger partial charge is 0.261 e. The molecule has 2 aromatic carbocycles. The maximum Gasteiger partial charge on any atom is 0.261 e. The number of rotatable bonds is 6. The summed E-state index contributed by atoms with van der Waals surface area (Å²) in [4.78, 5) is 15.0. The van der Waals surface area contributed by atoms with Crippen molar-refractivity contribution in [2.24, 2.45) is 0 Å². The second-order valence-corrected chi connectivity index (χ2v) is 10.1. The number of nitrogens with zero attached hydrogens (tertiary/aromatic N) is 3. The molecule has 8 nitrogen and oxygen atoms in total. The maximum atomic E-state index is 13.5. The highest BCUT2D eigenvalue weighted by atomic mass is 32.2. The van der Waals surface area contributed by atoms with E-state index in [1.54, 1.807) is 24.8 Å². The number of hydrogen-bond acceptors (Lipinski definition) is 7. The Hall–Kier alpha value is -3.60. The number of halogens is 2. The fourth-order valence-corrected chi connectivity index (χ4v) is 4.22. The highest BCUT2D eigenvalue weighted by Gasteiger charge is 2.32. The van der Waals surface area contributed by atoms with Gasteiger partial charge in [-0.15, -0.1) is 10.2 Å². The van der Waals surface area contributed by atoms with Crippen molar-refractivity contribution < 1.29 is 26.7 Å². The minimum atomic E-state index is -3.48. The van der Waals surface area contributed by atoms with Gasteiger partial charge in [0.05, 0.1) is 18.0 Å². The molecule has 1 saturated heterocycles. The van der Waals surface area contributed by atoms with Crippen LogP contribution in [0.1, 0.15) is 21.5 Å². The van der Waals surface area contributed by atoms with E-state index in [9.17, 15) is 22.0 Å². The van der Waals surface area contributed by atoms with Crippen LogP contribution in [-0.2, 0) is 9.84 Å². The van der Waals surface area contributed by atoms with E-state index in [4.69, 9.17) is 4.74 Å². The lowest BCUT2D eigenvalue weighted by atomic mass is 10.1. The van der Waals surface area contributed by atoms with E-state index >= 15 is 0 Å². The fourth-order valence-electron chi connectivity index (χ4n) is 3.56. The Bertz CT molecular complexity index is 1380.